The van der Waals surface area contributed by atoms with Gasteiger partial charge < -0.3 is 15.8 Å². The summed E-state index contributed by atoms with van der Waals surface area (Å²) in [6.07, 6.45) is 0. The monoisotopic (exact) mass is 286 g/mol. The minimum atomic E-state index is -0.219. The first-order valence-electron chi connectivity index (χ1n) is 5.95. The van der Waals surface area contributed by atoms with Gasteiger partial charge in [-0.1, -0.05) is 30.4 Å². The van der Waals surface area contributed by atoms with Gasteiger partial charge in [-0.2, -0.15) is 0 Å². The Morgan fingerprint density at radius 3 is 2.55 bits per heavy atom. The number of nitrogens with two attached hydrogens (primary N) is 1. The maximum atomic E-state index is 12.1. The van der Waals surface area contributed by atoms with Crippen molar-refractivity contribution in [3.63, 3.8) is 0 Å². The molecule has 0 aliphatic rings. The van der Waals surface area contributed by atoms with Crippen LogP contribution in [0, 0.1) is 0 Å². The van der Waals surface area contributed by atoms with Gasteiger partial charge in [0, 0.05) is 16.8 Å². The van der Waals surface area contributed by atoms with E-state index in [1.807, 2.05) is 0 Å². The van der Waals surface area contributed by atoms with Crippen LogP contribution in [0.1, 0.15) is 15.9 Å². The van der Waals surface area contributed by atoms with E-state index in [1.54, 1.807) is 55.6 Å². The fraction of sp³-hybridized carbons (Fsp3) is 0.0667. The maximum absolute atomic E-state index is 12.1. The van der Waals surface area contributed by atoms with E-state index in [9.17, 15) is 4.79 Å². The number of methoxy groups -OCH3 is 1. The molecule has 3 N–H and O–H groups in total. The molecule has 0 atom stereocenters. The molecule has 0 aromatic heterocycles. The zero-order valence-electron chi connectivity index (χ0n) is 10.9. The van der Waals surface area contributed by atoms with Crippen LogP contribution < -0.4 is 15.8 Å². The zero-order valence-corrected chi connectivity index (χ0v) is 11.7. The molecule has 1 amide bonds. The Morgan fingerprint density at radius 2 is 1.85 bits per heavy atom. The molecule has 0 aliphatic carbocycles. The molecule has 0 saturated carbocycles. The lowest BCUT2D eigenvalue weighted by Gasteiger charge is -2.08. The van der Waals surface area contributed by atoms with Gasteiger partial charge in [0.1, 0.15) is 10.7 Å². The number of benzene rings is 2. The number of ether oxygens (including phenoxy) is 1. The first-order chi connectivity index (χ1) is 9.60. The third-order valence-corrected chi connectivity index (χ3v) is 2.97. The summed E-state index contributed by atoms with van der Waals surface area (Å²) in [5.41, 5.74) is 7.44. The van der Waals surface area contributed by atoms with Crippen LogP contribution in [0.5, 0.6) is 5.75 Å². The van der Waals surface area contributed by atoms with E-state index in [0.29, 0.717) is 27.6 Å². The van der Waals surface area contributed by atoms with Crippen LogP contribution in [-0.4, -0.2) is 18.0 Å². The molecule has 0 radical (unpaired) electrons. The molecule has 5 heteroatoms. The van der Waals surface area contributed by atoms with E-state index in [1.165, 1.54) is 0 Å². The Labute approximate surface area is 122 Å². The van der Waals surface area contributed by atoms with Gasteiger partial charge in [-0.3, -0.25) is 4.79 Å². The Hall–Kier alpha value is -2.40. The van der Waals surface area contributed by atoms with Crippen LogP contribution >= 0.6 is 12.2 Å². The van der Waals surface area contributed by atoms with Crippen molar-refractivity contribution in [1.82, 2.24) is 0 Å². The van der Waals surface area contributed by atoms with E-state index in [-0.39, 0.29) is 5.91 Å². The first kappa shape index (κ1) is 14.0. The van der Waals surface area contributed by atoms with Gasteiger partial charge in [0.2, 0.25) is 0 Å². The molecule has 2 aromatic carbocycles. The van der Waals surface area contributed by atoms with Gasteiger partial charge in [0.05, 0.1) is 7.11 Å². The Bertz CT molecular complexity index is 656. The van der Waals surface area contributed by atoms with E-state index < -0.39 is 0 Å². The number of hydrogen-bond donors (Lipinski definition) is 2. The van der Waals surface area contributed by atoms with Gasteiger partial charge in [-0.05, 0) is 30.3 Å². The second-order valence-electron chi connectivity index (χ2n) is 4.13. The molecule has 0 heterocycles. The van der Waals surface area contributed by atoms with Gasteiger partial charge in [-0.25, -0.2) is 0 Å². The molecule has 2 rings (SSSR count). The molecule has 102 valence electrons. The smallest absolute Gasteiger partial charge is 0.255 e. The molecule has 4 nitrogen and oxygen atoms in total. The van der Waals surface area contributed by atoms with Gasteiger partial charge >= 0.3 is 0 Å². The Morgan fingerprint density at radius 1 is 1.15 bits per heavy atom. The van der Waals surface area contributed by atoms with Crippen LogP contribution in [0.2, 0.25) is 0 Å². The van der Waals surface area contributed by atoms with Crippen LogP contribution in [0.25, 0.3) is 0 Å². The van der Waals surface area contributed by atoms with Gasteiger partial charge in [0.25, 0.3) is 5.91 Å². The highest BCUT2D eigenvalue weighted by Crippen LogP contribution is 2.16. The molecule has 2 aromatic rings. The third-order valence-electron chi connectivity index (χ3n) is 2.74. The molecular formula is C15H14N2O2S. The molecule has 0 spiro atoms. The van der Waals surface area contributed by atoms with Crippen molar-refractivity contribution in [1.29, 1.82) is 0 Å². The second-order valence-corrected chi connectivity index (χ2v) is 4.57. The average molecular weight is 286 g/mol. The van der Waals surface area contributed by atoms with Crippen LogP contribution in [0.4, 0.5) is 5.69 Å². The minimum Gasteiger partial charge on any atom is -0.497 e. The summed E-state index contributed by atoms with van der Waals surface area (Å²) in [6, 6.07) is 14.0. The lowest BCUT2D eigenvalue weighted by atomic mass is 10.1. The summed E-state index contributed by atoms with van der Waals surface area (Å²) in [7, 11) is 1.56. The van der Waals surface area contributed by atoms with Crippen molar-refractivity contribution in [2.75, 3.05) is 12.4 Å². The lowest BCUT2D eigenvalue weighted by molar-refractivity contribution is 0.102. The van der Waals surface area contributed by atoms with Crippen LogP contribution in [0.3, 0.4) is 0 Å². The fourth-order valence-electron chi connectivity index (χ4n) is 1.72. The topological polar surface area (TPSA) is 64.3 Å². The number of anilines is 1. The van der Waals surface area contributed by atoms with E-state index in [0.717, 1.165) is 0 Å². The number of thiocarbonyl (C=S) groups is 1. The number of amides is 1. The Kier molecular flexibility index (Phi) is 4.32. The molecule has 0 aliphatic heterocycles. The van der Waals surface area contributed by atoms with Crippen molar-refractivity contribution in [3.8, 4) is 5.75 Å². The molecular weight excluding hydrogens is 272 g/mol. The lowest BCUT2D eigenvalue weighted by Crippen LogP contribution is -2.13. The van der Waals surface area contributed by atoms with E-state index in [2.05, 4.69) is 5.32 Å². The van der Waals surface area contributed by atoms with E-state index >= 15 is 0 Å². The second kappa shape index (κ2) is 6.16. The normalized spacial score (nSPS) is 9.85. The highest BCUT2D eigenvalue weighted by molar-refractivity contribution is 7.80. The Balaban J connectivity index is 2.18. The highest BCUT2D eigenvalue weighted by atomic mass is 32.1. The van der Waals surface area contributed by atoms with Crippen molar-refractivity contribution < 1.29 is 9.53 Å². The summed E-state index contributed by atoms with van der Waals surface area (Å²) in [5, 5.41) is 2.80. The van der Waals surface area contributed by atoms with Crippen molar-refractivity contribution in [3.05, 3.63) is 59.7 Å². The van der Waals surface area contributed by atoms with Crippen molar-refractivity contribution >= 4 is 28.8 Å². The molecule has 0 fully saturated rings. The first-order valence-corrected chi connectivity index (χ1v) is 6.36. The number of carbonyl (C=O) groups excluding carboxylic acids is 1. The van der Waals surface area contributed by atoms with Gasteiger partial charge in [-0.15, -0.1) is 0 Å². The molecule has 0 bridgehead atoms. The van der Waals surface area contributed by atoms with E-state index in [4.69, 9.17) is 22.7 Å². The SMILES string of the molecule is COc1cccc(C(=O)Nc2cccc(C(N)=S)c2)c1. The molecule has 0 saturated heterocycles. The summed E-state index contributed by atoms with van der Waals surface area (Å²) < 4.78 is 5.09. The minimum absolute atomic E-state index is 0.219. The summed E-state index contributed by atoms with van der Waals surface area (Å²) >= 11 is 4.91. The predicted octanol–water partition coefficient (Wildman–Crippen LogP) is 2.58. The fourth-order valence-corrected chi connectivity index (χ4v) is 1.84. The van der Waals surface area contributed by atoms with Gasteiger partial charge in [0.15, 0.2) is 0 Å². The number of nitrogens with one attached hydrogen (secondary N) is 1. The summed E-state index contributed by atoms with van der Waals surface area (Å²) in [6.45, 7) is 0. The zero-order chi connectivity index (χ0) is 14.5. The van der Waals surface area contributed by atoms with Crippen molar-refractivity contribution in [2.45, 2.75) is 0 Å². The third kappa shape index (κ3) is 3.33. The molecule has 20 heavy (non-hydrogen) atoms. The molecule has 0 unspecified atom stereocenters. The summed E-state index contributed by atoms with van der Waals surface area (Å²) in [4.78, 5) is 12.4. The standard InChI is InChI=1S/C15H14N2O2S/c1-19-13-7-3-5-11(9-13)15(18)17-12-6-2-4-10(8-12)14(16)20/h2-9H,1H3,(H2,16,20)(H,17,18). The largest absolute Gasteiger partial charge is 0.497 e. The van der Waals surface area contributed by atoms with Crippen molar-refractivity contribution in [2.24, 2.45) is 5.73 Å². The predicted molar refractivity (Wildman–Crippen MR) is 83.3 cm³/mol. The summed E-state index contributed by atoms with van der Waals surface area (Å²) in [5.74, 6) is 0.415. The average Bonchev–Trinajstić information content (AvgIpc) is 2.47. The van der Waals surface area contributed by atoms with Crippen LogP contribution in [-0.2, 0) is 0 Å². The number of rotatable bonds is 4. The highest BCUT2D eigenvalue weighted by Gasteiger charge is 2.07. The maximum Gasteiger partial charge on any atom is 0.255 e. The number of hydrogen-bond acceptors (Lipinski definition) is 3. The number of carbonyl (C=O) groups is 1. The quantitative estimate of drug-likeness (QED) is 0.848. The van der Waals surface area contributed by atoms with Crippen LogP contribution in [0.15, 0.2) is 48.5 Å².